The minimum Gasteiger partial charge on any atom is -0.378 e. The van der Waals surface area contributed by atoms with E-state index in [0.717, 1.165) is 35.4 Å². The highest BCUT2D eigenvalue weighted by atomic mass is 32.2. The molecule has 1 aromatic heterocycles. The Kier molecular flexibility index (Phi) is 7.31. The number of sulfonamides is 1. The summed E-state index contributed by atoms with van der Waals surface area (Å²) in [4.78, 5) is 20.0. The molecular formula is C29H30N4O4S. The summed E-state index contributed by atoms with van der Waals surface area (Å²) in [6, 6.07) is 21.6. The fourth-order valence-corrected chi connectivity index (χ4v) is 6.31. The van der Waals surface area contributed by atoms with Crippen molar-refractivity contribution in [3.8, 4) is 0 Å². The zero-order valence-corrected chi connectivity index (χ0v) is 22.2. The van der Waals surface area contributed by atoms with Crippen molar-refractivity contribution < 1.29 is 17.9 Å². The molecular weight excluding hydrogens is 500 g/mol. The van der Waals surface area contributed by atoms with Crippen LogP contribution in [0, 0.1) is 13.8 Å². The van der Waals surface area contributed by atoms with Gasteiger partial charge in [0.25, 0.3) is 10.0 Å². The van der Waals surface area contributed by atoms with Gasteiger partial charge >= 0.3 is 0 Å². The smallest absolute Gasteiger partial charge is 0.265 e. The Balaban J connectivity index is 1.45. The largest absolute Gasteiger partial charge is 0.378 e. The van der Waals surface area contributed by atoms with Crippen LogP contribution in [0.1, 0.15) is 11.1 Å². The van der Waals surface area contributed by atoms with E-state index in [1.807, 2.05) is 50.2 Å². The number of benzene rings is 3. The van der Waals surface area contributed by atoms with E-state index >= 15 is 0 Å². The average molecular weight is 531 g/mol. The van der Waals surface area contributed by atoms with Crippen LogP contribution in [0.15, 0.2) is 83.9 Å². The number of amides is 1. The number of carbonyl (C=O) groups excluding carboxylic acids is 1. The van der Waals surface area contributed by atoms with Crippen molar-refractivity contribution >= 4 is 43.9 Å². The summed E-state index contributed by atoms with van der Waals surface area (Å²) in [6.07, 6.45) is 1.59. The van der Waals surface area contributed by atoms with E-state index in [9.17, 15) is 13.2 Å². The van der Waals surface area contributed by atoms with E-state index in [1.54, 1.807) is 42.6 Å². The molecule has 1 amide bonds. The normalized spacial score (nSPS) is 13.9. The second-order valence-corrected chi connectivity index (χ2v) is 11.1. The monoisotopic (exact) mass is 530 g/mol. The number of aromatic nitrogens is 1. The highest BCUT2D eigenvalue weighted by Crippen LogP contribution is 2.32. The van der Waals surface area contributed by atoms with Crippen molar-refractivity contribution in [1.29, 1.82) is 0 Å². The predicted octanol–water partition coefficient (Wildman–Crippen LogP) is 4.52. The van der Waals surface area contributed by atoms with Gasteiger partial charge in [-0.15, -0.1) is 0 Å². The number of carbonyl (C=O) groups is 1. The van der Waals surface area contributed by atoms with Crippen molar-refractivity contribution in [2.45, 2.75) is 18.7 Å². The van der Waals surface area contributed by atoms with Gasteiger partial charge in [0, 0.05) is 18.5 Å². The first-order chi connectivity index (χ1) is 18.3. The number of anilines is 3. The molecule has 38 heavy (non-hydrogen) atoms. The molecule has 1 fully saturated rings. The lowest BCUT2D eigenvalue weighted by atomic mass is 10.1. The SMILES string of the molecule is Cc1cccc(N(CC(=O)Nc2ccc(N3CCOCC3)nc2)S(=O)(=O)c2cccc3ccccc23)c1C. The number of nitrogens with one attached hydrogen (secondary N) is 1. The molecule has 1 saturated heterocycles. The van der Waals surface area contributed by atoms with Gasteiger partial charge in [-0.1, -0.05) is 48.5 Å². The summed E-state index contributed by atoms with van der Waals surface area (Å²) in [5, 5.41) is 4.23. The third-order valence-electron chi connectivity index (χ3n) is 6.82. The molecule has 9 heteroatoms. The Labute approximate surface area is 222 Å². The number of hydrogen-bond donors (Lipinski definition) is 1. The predicted molar refractivity (Wildman–Crippen MR) is 150 cm³/mol. The molecule has 1 aliphatic heterocycles. The van der Waals surface area contributed by atoms with Crippen LogP contribution < -0.4 is 14.5 Å². The number of pyridine rings is 1. The van der Waals surface area contributed by atoms with Crippen LogP contribution in [0.25, 0.3) is 10.8 Å². The number of rotatable bonds is 7. The third kappa shape index (κ3) is 5.20. The number of morpholine rings is 1. The minimum absolute atomic E-state index is 0.154. The standard InChI is InChI=1S/C29H30N4O4S/c1-21-7-5-11-26(22(21)2)33(38(35,36)27-12-6-9-23-8-3-4-10-25(23)27)20-29(34)31-24-13-14-28(30-19-24)32-15-17-37-18-16-32/h3-14,19H,15-18,20H2,1-2H3,(H,31,34). The molecule has 196 valence electrons. The van der Waals surface area contributed by atoms with Crippen molar-refractivity contribution in [2.75, 3.05) is 47.4 Å². The summed E-state index contributed by atoms with van der Waals surface area (Å²) >= 11 is 0. The zero-order valence-electron chi connectivity index (χ0n) is 21.4. The molecule has 0 atom stereocenters. The van der Waals surface area contributed by atoms with Gasteiger partial charge in [0.1, 0.15) is 12.4 Å². The Morgan fingerprint density at radius 1 is 0.974 bits per heavy atom. The van der Waals surface area contributed by atoms with Gasteiger partial charge in [-0.3, -0.25) is 9.10 Å². The molecule has 0 unspecified atom stereocenters. The molecule has 0 radical (unpaired) electrons. The highest BCUT2D eigenvalue weighted by Gasteiger charge is 2.30. The number of hydrogen-bond acceptors (Lipinski definition) is 6. The third-order valence-corrected chi connectivity index (χ3v) is 8.63. The first-order valence-corrected chi connectivity index (χ1v) is 13.9. The van der Waals surface area contributed by atoms with Crippen molar-refractivity contribution in [1.82, 2.24) is 4.98 Å². The van der Waals surface area contributed by atoms with Gasteiger partial charge in [0.15, 0.2) is 0 Å². The molecule has 1 N–H and O–H groups in total. The van der Waals surface area contributed by atoms with Crippen LogP contribution >= 0.6 is 0 Å². The maximum atomic E-state index is 14.1. The van der Waals surface area contributed by atoms with E-state index in [-0.39, 0.29) is 11.4 Å². The van der Waals surface area contributed by atoms with E-state index < -0.39 is 15.9 Å². The summed E-state index contributed by atoms with van der Waals surface area (Å²) in [7, 11) is -4.09. The molecule has 4 aromatic rings. The van der Waals surface area contributed by atoms with E-state index in [0.29, 0.717) is 30.0 Å². The van der Waals surface area contributed by atoms with Gasteiger partial charge < -0.3 is 15.0 Å². The lowest BCUT2D eigenvalue weighted by molar-refractivity contribution is -0.114. The summed E-state index contributed by atoms with van der Waals surface area (Å²) in [5.41, 5.74) is 2.69. The fraction of sp³-hybridized carbons (Fsp3) is 0.241. The average Bonchev–Trinajstić information content (AvgIpc) is 2.94. The van der Waals surface area contributed by atoms with Gasteiger partial charge in [0.2, 0.25) is 5.91 Å². The molecule has 2 heterocycles. The van der Waals surface area contributed by atoms with Crippen LogP contribution in [0.4, 0.5) is 17.2 Å². The summed E-state index contributed by atoms with van der Waals surface area (Å²) in [6.45, 7) is 6.22. The van der Waals surface area contributed by atoms with Gasteiger partial charge in [-0.2, -0.15) is 0 Å². The fourth-order valence-electron chi connectivity index (χ4n) is 4.62. The highest BCUT2D eigenvalue weighted by molar-refractivity contribution is 7.93. The van der Waals surface area contributed by atoms with E-state index in [2.05, 4.69) is 15.2 Å². The van der Waals surface area contributed by atoms with E-state index in [1.165, 1.54) is 4.31 Å². The molecule has 3 aromatic carbocycles. The van der Waals surface area contributed by atoms with Crippen molar-refractivity contribution in [3.05, 3.63) is 90.1 Å². The first kappa shape index (κ1) is 25.7. The Morgan fingerprint density at radius 2 is 1.71 bits per heavy atom. The first-order valence-electron chi connectivity index (χ1n) is 12.5. The second-order valence-electron chi connectivity index (χ2n) is 9.26. The minimum atomic E-state index is -4.09. The van der Waals surface area contributed by atoms with Crippen LogP contribution in [0.2, 0.25) is 0 Å². The van der Waals surface area contributed by atoms with Crippen LogP contribution in [0.3, 0.4) is 0 Å². The molecule has 0 aliphatic carbocycles. The van der Waals surface area contributed by atoms with E-state index in [4.69, 9.17) is 4.74 Å². The lowest BCUT2D eigenvalue weighted by Crippen LogP contribution is -2.39. The lowest BCUT2D eigenvalue weighted by Gasteiger charge is -2.28. The number of fused-ring (bicyclic) bond motifs is 1. The number of nitrogens with zero attached hydrogens (tertiary/aromatic N) is 3. The Hall–Kier alpha value is -3.95. The molecule has 1 aliphatic rings. The molecule has 0 spiro atoms. The number of aryl methyl sites for hydroxylation is 1. The Bertz CT molecular complexity index is 1560. The van der Waals surface area contributed by atoms with Gasteiger partial charge in [0.05, 0.1) is 35.7 Å². The van der Waals surface area contributed by atoms with Crippen LogP contribution in [0.5, 0.6) is 0 Å². The summed E-state index contributed by atoms with van der Waals surface area (Å²) in [5.74, 6) is 0.345. The van der Waals surface area contributed by atoms with Crippen molar-refractivity contribution in [3.63, 3.8) is 0 Å². The number of ether oxygens (including phenoxy) is 1. The molecule has 8 nitrogen and oxygen atoms in total. The molecule has 0 bridgehead atoms. The zero-order chi connectivity index (χ0) is 26.7. The quantitative estimate of drug-likeness (QED) is 0.378. The molecule has 0 saturated carbocycles. The van der Waals surface area contributed by atoms with Crippen molar-refractivity contribution in [2.24, 2.45) is 0 Å². The summed E-state index contributed by atoms with van der Waals surface area (Å²) < 4.78 is 34.9. The van der Waals surface area contributed by atoms with Crippen LogP contribution in [-0.2, 0) is 19.6 Å². The maximum Gasteiger partial charge on any atom is 0.265 e. The second kappa shape index (κ2) is 10.8. The van der Waals surface area contributed by atoms with Crippen LogP contribution in [-0.4, -0.2) is 52.2 Å². The molecule has 5 rings (SSSR count). The maximum absolute atomic E-state index is 14.1. The van der Waals surface area contributed by atoms with Gasteiger partial charge in [-0.25, -0.2) is 13.4 Å². The van der Waals surface area contributed by atoms with Gasteiger partial charge in [-0.05, 0) is 54.6 Å². The Morgan fingerprint density at radius 3 is 2.47 bits per heavy atom. The topological polar surface area (TPSA) is 91.8 Å².